The highest BCUT2D eigenvalue weighted by molar-refractivity contribution is 9.10. The van der Waals surface area contributed by atoms with E-state index in [4.69, 9.17) is 0 Å². The Morgan fingerprint density at radius 3 is 1.11 bits per heavy atom. The zero-order chi connectivity index (χ0) is 67.7. The molecule has 2 unspecified atom stereocenters. The number of para-hydroxylation sites is 6. The van der Waals surface area contributed by atoms with Crippen LogP contribution in [0.5, 0.6) is 0 Å². The van der Waals surface area contributed by atoms with Crippen molar-refractivity contribution in [3.05, 3.63) is 413 Å². The zero-order valence-electron chi connectivity index (χ0n) is 55.9. The van der Waals surface area contributed by atoms with Gasteiger partial charge in [0.05, 0.1) is 32.9 Å². The molecule has 1 N–H and O–H groups in total. The molecule has 0 bridgehead atoms. The lowest BCUT2D eigenvalue weighted by Crippen LogP contribution is -2.23. The van der Waals surface area contributed by atoms with Crippen LogP contribution in [-0.4, -0.2) is 9.13 Å². The van der Waals surface area contributed by atoms with Crippen molar-refractivity contribution in [1.29, 1.82) is 0 Å². The van der Waals surface area contributed by atoms with Gasteiger partial charge >= 0.3 is 0 Å². The molecule has 0 saturated heterocycles. The van der Waals surface area contributed by atoms with Gasteiger partial charge in [0.1, 0.15) is 0 Å². The molecular weight excluding hydrogens is 1310 g/mol. The summed E-state index contributed by atoms with van der Waals surface area (Å²) in [5.74, 6) is 0. The summed E-state index contributed by atoms with van der Waals surface area (Å²) in [5, 5.41) is 8.51. The van der Waals surface area contributed by atoms with Gasteiger partial charge in [0.25, 0.3) is 0 Å². The van der Waals surface area contributed by atoms with Crippen molar-refractivity contribution < 1.29 is 0 Å². The van der Waals surface area contributed by atoms with Gasteiger partial charge in [-0.3, -0.25) is 0 Å². The lowest BCUT2D eigenvalue weighted by molar-refractivity contribution is 0.817. The molecule has 2 aromatic heterocycles. The highest BCUT2D eigenvalue weighted by atomic mass is 79.9. The first-order valence-electron chi connectivity index (χ1n) is 35.6. The van der Waals surface area contributed by atoms with Gasteiger partial charge in [-0.15, -0.1) is 0 Å². The zero-order valence-corrected chi connectivity index (χ0v) is 57.4. The molecule has 4 nitrogen and oxygen atoms in total. The van der Waals surface area contributed by atoms with Crippen LogP contribution in [0, 0.1) is 0 Å². The summed E-state index contributed by atoms with van der Waals surface area (Å²) in [4.78, 5) is 2.44. The number of halogens is 1. The smallest absolute Gasteiger partial charge is 0.0738 e. The molecule has 2 atom stereocenters. The fourth-order valence-electron chi connectivity index (χ4n) is 19.2. The molecule has 103 heavy (non-hydrogen) atoms. The topological polar surface area (TPSA) is 25.1 Å². The van der Waals surface area contributed by atoms with Crippen molar-refractivity contribution in [3.8, 4) is 78.1 Å². The Hall–Kier alpha value is -12.8. The fourth-order valence-corrected chi connectivity index (χ4v) is 19.5. The van der Waals surface area contributed by atoms with E-state index in [1.807, 2.05) is 18.2 Å². The lowest BCUT2D eigenvalue weighted by atomic mass is 9.73. The Balaban J connectivity index is 0.000000108. The lowest BCUT2D eigenvalue weighted by Gasteiger charge is -2.30. The summed E-state index contributed by atoms with van der Waals surface area (Å²) in [6.45, 7) is 0. The third-order valence-electron chi connectivity index (χ3n) is 22.9. The summed E-state index contributed by atoms with van der Waals surface area (Å²) in [6.07, 6.45) is 0. The van der Waals surface area contributed by atoms with Gasteiger partial charge in [-0.05, 0) is 233 Å². The van der Waals surface area contributed by atoms with E-state index in [2.05, 4.69) is 381 Å². The highest BCUT2D eigenvalue weighted by Crippen LogP contribution is 2.72. The van der Waals surface area contributed by atoms with E-state index in [-0.39, 0.29) is 10.8 Å². The Kier molecular flexibility index (Phi) is 12.5. The maximum absolute atomic E-state index is 3.73. The van der Waals surface area contributed by atoms with E-state index in [1.54, 1.807) is 0 Å². The summed E-state index contributed by atoms with van der Waals surface area (Å²) in [7, 11) is 0. The highest BCUT2D eigenvalue weighted by Gasteiger charge is 2.59. The van der Waals surface area contributed by atoms with Gasteiger partial charge in [-0.25, -0.2) is 0 Å². The number of hydrogen-bond acceptors (Lipinski definition) is 2. The molecular formula is C98H61BrN4. The van der Waals surface area contributed by atoms with Crippen LogP contribution in [0.1, 0.15) is 44.5 Å². The quantitative estimate of drug-likeness (QED) is 0.172. The number of nitrogens with zero attached hydrogens (tertiary/aromatic N) is 3. The Morgan fingerprint density at radius 2 is 0.592 bits per heavy atom. The minimum atomic E-state index is -0.324. The predicted molar refractivity (Wildman–Crippen MR) is 431 cm³/mol. The van der Waals surface area contributed by atoms with Crippen LogP contribution in [0.2, 0.25) is 0 Å². The van der Waals surface area contributed by atoms with Crippen LogP contribution >= 0.6 is 15.9 Å². The van der Waals surface area contributed by atoms with Crippen LogP contribution in [0.4, 0.5) is 28.4 Å². The van der Waals surface area contributed by atoms with Crippen LogP contribution in [0.25, 0.3) is 122 Å². The van der Waals surface area contributed by atoms with E-state index in [9.17, 15) is 0 Å². The standard InChI is InChI=1S/C49H30N2.C25H13Br.C24H18N2/c1-3-13-31(14-4-1)50(33-26-28-46-42(29-33)37-18-8-10-24-45(37)51(46)32-15-5-2-6-16-32)34-25-27-36-39-20-12-22-41-40-21-11-19-38-35-17-7-9-23-43(35)49(47(38)40,48(39)41)44(36)30-34;26-14-11-12-16-18-7-4-9-20-19-8-3-6-17-15-5-1-2-10-21(15)25(23(17)19,24(18)20)22(16)13-14;1-3-9-18(10-4-1)25-19-15-16-24-22(17-19)21-13-7-8-14-23(21)26(24)20-11-5-2-6-12-20/h1-30H;1-13H;1-17,25H. The fraction of sp³-hybridized carbons (Fsp3) is 0.0204. The number of anilines is 5. The van der Waals surface area contributed by atoms with E-state index < -0.39 is 0 Å². The number of fused-ring (bicyclic) bond motifs is 16. The van der Waals surface area contributed by atoms with Gasteiger partial charge < -0.3 is 19.4 Å². The molecule has 6 aliphatic rings. The van der Waals surface area contributed by atoms with E-state index in [1.165, 1.54) is 166 Å². The number of hydrogen-bond donors (Lipinski definition) is 1. The molecule has 0 aliphatic heterocycles. The first-order chi connectivity index (χ1) is 51.0. The maximum Gasteiger partial charge on any atom is 0.0738 e. The Bertz CT molecular complexity index is 6530. The third-order valence-corrected chi connectivity index (χ3v) is 23.4. The largest absolute Gasteiger partial charge is 0.356 e. The van der Waals surface area contributed by atoms with Crippen LogP contribution in [-0.2, 0) is 10.8 Å². The monoisotopic (exact) mass is 1370 g/mol. The average molecular weight is 1370 g/mol. The molecule has 5 heteroatoms. The van der Waals surface area contributed by atoms with E-state index >= 15 is 0 Å². The number of aromatic nitrogens is 2. The van der Waals surface area contributed by atoms with Crippen molar-refractivity contribution in [2.45, 2.75) is 10.8 Å². The number of nitrogens with one attached hydrogen (secondary N) is 1. The summed E-state index contributed by atoms with van der Waals surface area (Å²) >= 11 is 3.73. The third kappa shape index (κ3) is 8.00. The molecule has 0 saturated carbocycles. The molecule has 6 aliphatic carbocycles. The van der Waals surface area contributed by atoms with Crippen molar-refractivity contribution in [2.24, 2.45) is 0 Å². The van der Waals surface area contributed by atoms with Gasteiger partial charge in [0.15, 0.2) is 0 Å². The normalized spacial score (nSPS) is 15.3. The van der Waals surface area contributed by atoms with Crippen LogP contribution in [0.3, 0.4) is 0 Å². The minimum Gasteiger partial charge on any atom is -0.356 e. The average Bonchev–Trinajstić information content (AvgIpc) is 1.48. The molecule has 2 heterocycles. The second-order valence-corrected chi connectivity index (χ2v) is 28.8. The predicted octanol–water partition coefficient (Wildman–Crippen LogP) is 25.9. The Labute approximate surface area is 605 Å². The summed E-state index contributed by atoms with van der Waals surface area (Å²) in [5.41, 5.74) is 40.4. The SMILES string of the molecule is Brc1ccc2c(c1)C13c4ccccc4-c4cccc(c41)-c1cccc-2c13.c1ccc(N(c2ccc3c(c2)C24c5ccccc5-c5cccc(c52)-c2cccc-3c24)c2ccc3c(c2)c2ccccc2n3-c2ccccc2)cc1.c1ccc(Nc2ccc3c(c2)c2ccccc2n3-c2ccccc2)cc1. The van der Waals surface area contributed by atoms with E-state index in [0.29, 0.717) is 0 Å². The van der Waals surface area contributed by atoms with Crippen molar-refractivity contribution in [3.63, 3.8) is 0 Å². The molecule has 24 rings (SSSR count). The molecule has 480 valence electrons. The summed E-state index contributed by atoms with van der Waals surface area (Å²) in [6, 6.07) is 133. The van der Waals surface area contributed by atoms with Gasteiger partial charge in [0, 0.05) is 65.8 Å². The first-order valence-corrected chi connectivity index (χ1v) is 36.4. The molecule has 0 amide bonds. The second-order valence-electron chi connectivity index (χ2n) is 27.9. The molecule has 0 fully saturated rings. The molecule has 18 aromatic rings. The molecule has 2 spiro atoms. The van der Waals surface area contributed by atoms with Crippen LogP contribution < -0.4 is 10.2 Å². The number of benzene rings is 16. The van der Waals surface area contributed by atoms with Crippen molar-refractivity contribution >= 4 is 88.0 Å². The van der Waals surface area contributed by atoms with Crippen molar-refractivity contribution in [1.82, 2.24) is 9.13 Å². The Morgan fingerprint density at radius 1 is 0.233 bits per heavy atom. The second kappa shape index (κ2) is 22.1. The van der Waals surface area contributed by atoms with Crippen molar-refractivity contribution in [2.75, 3.05) is 10.2 Å². The van der Waals surface area contributed by atoms with Gasteiger partial charge in [-0.1, -0.05) is 259 Å². The molecule has 0 radical (unpaired) electrons. The minimum absolute atomic E-state index is 0.145. The maximum atomic E-state index is 3.73. The summed E-state index contributed by atoms with van der Waals surface area (Å²) < 4.78 is 5.86. The molecule has 16 aromatic carbocycles. The van der Waals surface area contributed by atoms with E-state index in [0.717, 1.165) is 32.9 Å². The van der Waals surface area contributed by atoms with Gasteiger partial charge in [0.2, 0.25) is 0 Å². The van der Waals surface area contributed by atoms with Gasteiger partial charge in [-0.2, -0.15) is 0 Å². The first kappa shape index (κ1) is 58.0. The van der Waals surface area contributed by atoms with Crippen LogP contribution in [0.15, 0.2) is 368 Å². The number of rotatable bonds is 7.